The van der Waals surface area contributed by atoms with Gasteiger partial charge in [0.2, 0.25) is 0 Å². The predicted octanol–water partition coefficient (Wildman–Crippen LogP) is 4.03. The fourth-order valence-electron chi connectivity index (χ4n) is 3.59. The first-order valence-electron chi connectivity index (χ1n) is 9.17. The molecule has 1 atom stereocenters. The predicted molar refractivity (Wildman–Crippen MR) is 112 cm³/mol. The highest BCUT2D eigenvalue weighted by Crippen LogP contribution is 2.33. The summed E-state index contributed by atoms with van der Waals surface area (Å²) in [6, 6.07) is 19.7. The summed E-state index contributed by atoms with van der Waals surface area (Å²) in [6.07, 6.45) is 1.69. The van der Waals surface area contributed by atoms with Crippen molar-refractivity contribution < 1.29 is 9.59 Å². The molecule has 2 aromatic carbocycles. The molecule has 29 heavy (non-hydrogen) atoms. The first kappa shape index (κ1) is 17.5. The highest BCUT2D eigenvalue weighted by molar-refractivity contribution is 7.21. The van der Waals surface area contributed by atoms with Crippen LogP contribution in [0.4, 0.5) is 5.13 Å². The standard InChI is InChI=1S/C22H16N4O2S/c27-19(25-22-24-17-11-6-12-23-20(17)29-22)18(14-7-2-1-3-8-14)26-13-15-9-4-5-10-16(15)21(26)28/h1-12,18H,13H2,(H,24,25,27). The second-order valence-corrected chi connectivity index (χ2v) is 7.72. The maximum absolute atomic E-state index is 13.3. The van der Waals surface area contributed by atoms with E-state index in [-0.39, 0.29) is 11.8 Å². The molecule has 0 aliphatic carbocycles. The zero-order valence-corrected chi connectivity index (χ0v) is 16.1. The zero-order chi connectivity index (χ0) is 19.8. The number of fused-ring (bicyclic) bond motifs is 2. The van der Waals surface area contributed by atoms with Gasteiger partial charge in [0.15, 0.2) is 5.13 Å². The van der Waals surface area contributed by atoms with Crippen LogP contribution in [-0.2, 0) is 11.3 Å². The van der Waals surface area contributed by atoms with Crippen LogP contribution in [0.1, 0.15) is 27.5 Å². The van der Waals surface area contributed by atoms with E-state index in [1.54, 1.807) is 23.2 Å². The molecular formula is C22H16N4O2S. The van der Waals surface area contributed by atoms with E-state index in [9.17, 15) is 9.59 Å². The molecule has 1 aliphatic rings. The molecule has 2 amide bonds. The van der Waals surface area contributed by atoms with Crippen molar-refractivity contribution in [2.75, 3.05) is 5.32 Å². The van der Waals surface area contributed by atoms with Crippen molar-refractivity contribution in [2.24, 2.45) is 0 Å². The number of aromatic nitrogens is 2. The molecule has 3 heterocycles. The molecule has 6 nitrogen and oxygen atoms in total. The van der Waals surface area contributed by atoms with Crippen molar-refractivity contribution in [1.29, 1.82) is 0 Å². The van der Waals surface area contributed by atoms with Crippen LogP contribution in [0.5, 0.6) is 0 Å². The number of carbonyl (C=O) groups is 2. The van der Waals surface area contributed by atoms with Crippen molar-refractivity contribution in [3.63, 3.8) is 0 Å². The van der Waals surface area contributed by atoms with Crippen LogP contribution in [0.25, 0.3) is 10.3 Å². The van der Waals surface area contributed by atoms with Gasteiger partial charge in [-0.2, -0.15) is 0 Å². The molecule has 4 aromatic rings. The maximum atomic E-state index is 13.3. The van der Waals surface area contributed by atoms with Crippen LogP contribution < -0.4 is 5.32 Å². The van der Waals surface area contributed by atoms with Gasteiger partial charge in [0.25, 0.3) is 11.8 Å². The molecule has 1 N–H and O–H groups in total. The van der Waals surface area contributed by atoms with Crippen LogP contribution in [0, 0.1) is 0 Å². The van der Waals surface area contributed by atoms with Crippen molar-refractivity contribution in [3.8, 4) is 0 Å². The van der Waals surface area contributed by atoms with Gasteiger partial charge in [0, 0.05) is 18.3 Å². The number of benzene rings is 2. The van der Waals surface area contributed by atoms with E-state index in [1.807, 2.05) is 54.6 Å². The van der Waals surface area contributed by atoms with Gasteiger partial charge >= 0.3 is 0 Å². The Morgan fingerprint density at radius 1 is 1.03 bits per heavy atom. The Hall–Kier alpha value is -3.58. The van der Waals surface area contributed by atoms with E-state index in [1.165, 1.54) is 11.3 Å². The molecule has 0 saturated heterocycles. The summed E-state index contributed by atoms with van der Waals surface area (Å²) in [5.74, 6) is -0.438. The monoisotopic (exact) mass is 400 g/mol. The van der Waals surface area contributed by atoms with Crippen molar-refractivity contribution in [1.82, 2.24) is 14.9 Å². The van der Waals surface area contributed by atoms with Gasteiger partial charge in [-0.3, -0.25) is 14.9 Å². The van der Waals surface area contributed by atoms with Crippen LogP contribution in [0.15, 0.2) is 72.9 Å². The number of hydrogen-bond donors (Lipinski definition) is 1. The number of nitrogens with one attached hydrogen (secondary N) is 1. The molecule has 0 bridgehead atoms. The van der Waals surface area contributed by atoms with Gasteiger partial charge in [0.1, 0.15) is 16.4 Å². The van der Waals surface area contributed by atoms with Crippen LogP contribution in [-0.4, -0.2) is 26.7 Å². The highest BCUT2D eigenvalue weighted by Gasteiger charge is 2.37. The lowest BCUT2D eigenvalue weighted by molar-refractivity contribution is -0.120. The van der Waals surface area contributed by atoms with Crippen LogP contribution in [0.3, 0.4) is 0 Å². The summed E-state index contributed by atoms with van der Waals surface area (Å²) in [7, 11) is 0. The summed E-state index contributed by atoms with van der Waals surface area (Å²) in [5.41, 5.74) is 3.06. The third kappa shape index (κ3) is 3.15. The number of thiazole rings is 1. The Kier molecular flexibility index (Phi) is 4.29. The molecule has 1 aliphatic heterocycles. The van der Waals surface area contributed by atoms with Gasteiger partial charge in [-0.1, -0.05) is 59.9 Å². The Morgan fingerprint density at radius 2 is 1.83 bits per heavy atom. The third-order valence-electron chi connectivity index (χ3n) is 4.92. The van der Waals surface area contributed by atoms with E-state index < -0.39 is 6.04 Å². The summed E-state index contributed by atoms with van der Waals surface area (Å²) >= 11 is 1.31. The molecule has 5 rings (SSSR count). The number of anilines is 1. The molecule has 2 aromatic heterocycles. The first-order chi connectivity index (χ1) is 14.2. The molecular weight excluding hydrogens is 384 g/mol. The summed E-state index contributed by atoms with van der Waals surface area (Å²) in [4.78, 5) is 37.4. The fourth-order valence-corrected chi connectivity index (χ4v) is 4.40. The smallest absolute Gasteiger partial charge is 0.255 e. The molecule has 0 spiro atoms. The number of hydrogen-bond acceptors (Lipinski definition) is 5. The molecule has 0 fully saturated rings. The molecule has 0 radical (unpaired) electrons. The zero-order valence-electron chi connectivity index (χ0n) is 15.3. The number of amides is 2. The van der Waals surface area contributed by atoms with E-state index >= 15 is 0 Å². The summed E-state index contributed by atoms with van der Waals surface area (Å²) in [6.45, 7) is 0.392. The number of rotatable bonds is 4. The maximum Gasteiger partial charge on any atom is 0.255 e. The average Bonchev–Trinajstić information content (AvgIpc) is 3.30. The van der Waals surface area contributed by atoms with E-state index in [4.69, 9.17) is 0 Å². The molecule has 1 unspecified atom stereocenters. The Balaban J connectivity index is 1.49. The highest BCUT2D eigenvalue weighted by atomic mass is 32.1. The van der Waals surface area contributed by atoms with Gasteiger partial charge in [-0.25, -0.2) is 9.97 Å². The number of carbonyl (C=O) groups excluding carboxylic acids is 2. The van der Waals surface area contributed by atoms with Crippen LogP contribution in [0.2, 0.25) is 0 Å². The Bertz CT molecular complexity index is 1190. The second kappa shape index (κ2) is 7.10. The Morgan fingerprint density at radius 3 is 2.62 bits per heavy atom. The largest absolute Gasteiger partial charge is 0.318 e. The number of pyridine rings is 1. The van der Waals surface area contributed by atoms with Gasteiger partial charge in [0.05, 0.1) is 0 Å². The minimum Gasteiger partial charge on any atom is -0.318 e. The SMILES string of the molecule is O=C(Nc1nc2cccnc2s1)C(c1ccccc1)N1Cc2ccccc2C1=O. The van der Waals surface area contributed by atoms with Gasteiger partial charge < -0.3 is 4.90 Å². The summed E-state index contributed by atoms with van der Waals surface area (Å²) < 4.78 is 0. The number of nitrogens with zero attached hydrogens (tertiary/aromatic N) is 3. The quantitative estimate of drug-likeness (QED) is 0.561. The van der Waals surface area contributed by atoms with Gasteiger partial charge in [-0.15, -0.1) is 0 Å². The average molecular weight is 400 g/mol. The third-order valence-corrected chi connectivity index (χ3v) is 5.82. The van der Waals surface area contributed by atoms with E-state index in [0.717, 1.165) is 21.5 Å². The van der Waals surface area contributed by atoms with Crippen molar-refractivity contribution in [2.45, 2.75) is 12.6 Å². The molecule has 7 heteroatoms. The molecule has 0 saturated carbocycles. The van der Waals surface area contributed by atoms with Crippen molar-refractivity contribution in [3.05, 3.63) is 89.6 Å². The minimum atomic E-state index is -0.754. The van der Waals surface area contributed by atoms with Crippen LogP contribution >= 0.6 is 11.3 Å². The van der Waals surface area contributed by atoms with E-state index in [0.29, 0.717) is 17.2 Å². The normalized spacial score (nSPS) is 14.1. The lowest BCUT2D eigenvalue weighted by atomic mass is 10.0. The molecule has 142 valence electrons. The lowest BCUT2D eigenvalue weighted by Crippen LogP contribution is -2.37. The second-order valence-electron chi connectivity index (χ2n) is 6.74. The first-order valence-corrected chi connectivity index (χ1v) is 9.98. The van der Waals surface area contributed by atoms with E-state index in [2.05, 4.69) is 15.3 Å². The lowest BCUT2D eigenvalue weighted by Gasteiger charge is -2.27. The Labute approximate surface area is 170 Å². The van der Waals surface area contributed by atoms with Crippen molar-refractivity contribution >= 4 is 38.6 Å². The summed E-state index contributed by atoms with van der Waals surface area (Å²) in [5, 5.41) is 3.36. The minimum absolute atomic E-state index is 0.143. The van der Waals surface area contributed by atoms with Gasteiger partial charge in [-0.05, 0) is 29.3 Å². The fraction of sp³-hybridized carbons (Fsp3) is 0.0909. The topological polar surface area (TPSA) is 75.2 Å².